The maximum atomic E-state index is 6.33. The van der Waals surface area contributed by atoms with E-state index < -0.39 is 0 Å². The summed E-state index contributed by atoms with van der Waals surface area (Å²) in [6.07, 6.45) is 8.09. The van der Waals surface area contributed by atoms with Crippen LogP contribution in [0.1, 0.15) is 68.7 Å². The molecule has 2 heteroatoms. The van der Waals surface area contributed by atoms with E-state index in [2.05, 4.69) is 36.1 Å². The SMILES string of the molecule is CCN(C1CCCCC1)C1CC(N)c2ccccc21. The van der Waals surface area contributed by atoms with Crippen LogP contribution in [0.5, 0.6) is 0 Å². The molecule has 0 heterocycles. The van der Waals surface area contributed by atoms with Crippen molar-refractivity contribution in [2.45, 2.75) is 63.6 Å². The maximum absolute atomic E-state index is 6.33. The van der Waals surface area contributed by atoms with Gasteiger partial charge in [-0.05, 0) is 36.9 Å². The summed E-state index contributed by atoms with van der Waals surface area (Å²) < 4.78 is 0. The molecule has 1 fully saturated rings. The number of hydrogen-bond donors (Lipinski definition) is 1. The molecule has 104 valence electrons. The molecule has 0 aliphatic heterocycles. The van der Waals surface area contributed by atoms with Crippen molar-refractivity contribution in [1.29, 1.82) is 0 Å². The quantitative estimate of drug-likeness (QED) is 0.894. The first-order chi connectivity index (χ1) is 9.31. The standard InChI is InChI=1S/C17H26N2/c1-2-19(13-8-4-3-5-9-13)17-12-16(18)14-10-6-7-11-15(14)17/h6-7,10-11,13,16-17H,2-5,8-9,12,18H2,1H3. The third-order valence-corrected chi connectivity index (χ3v) is 5.04. The maximum Gasteiger partial charge on any atom is 0.0372 e. The number of rotatable bonds is 3. The summed E-state index contributed by atoms with van der Waals surface area (Å²) in [5, 5.41) is 0. The molecule has 2 aliphatic rings. The van der Waals surface area contributed by atoms with E-state index in [0.717, 1.165) is 19.0 Å². The molecule has 2 atom stereocenters. The van der Waals surface area contributed by atoms with Crippen LogP contribution in [0.2, 0.25) is 0 Å². The van der Waals surface area contributed by atoms with Gasteiger partial charge in [-0.25, -0.2) is 0 Å². The Morgan fingerprint density at radius 1 is 1.11 bits per heavy atom. The summed E-state index contributed by atoms with van der Waals surface area (Å²) in [5.74, 6) is 0. The van der Waals surface area contributed by atoms with Gasteiger partial charge in [0.05, 0.1) is 0 Å². The van der Waals surface area contributed by atoms with Crippen LogP contribution in [-0.2, 0) is 0 Å². The van der Waals surface area contributed by atoms with Gasteiger partial charge >= 0.3 is 0 Å². The number of fused-ring (bicyclic) bond motifs is 1. The largest absolute Gasteiger partial charge is 0.324 e. The molecule has 1 aromatic rings. The first-order valence-electron chi connectivity index (χ1n) is 7.91. The van der Waals surface area contributed by atoms with Gasteiger partial charge in [0.2, 0.25) is 0 Å². The van der Waals surface area contributed by atoms with E-state index >= 15 is 0 Å². The molecule has 3 rings (SSSR count). The fraction of sp³-hybridized carbons (Fsp3) is 0.647. The minimum Gasteiger partial charge on any atom is -0.324 e. The topological polar surface area (TPSA) is 29.3 Å². The van der Waals surface area contributed by atoms with Crippen LogP contribution in [0.4, 0.5) is 0 Å². The molecule has 2 nitrogen and oxygen atoms in total. The van der Waals surface area contributed by atoms with E-state index in [1.54, 1.807) is 0 Å². The van der Waals surface area contributed by atoms with Crippen molar-refractivity contribution in [2.75, 3.05) is 6.54 Å². The number of nitrogens with zero attached hydrogens (tertiary/aromatic N) is 1. The van der Waals surface area contributed by atoms with Crippen molar-refractivity contribution >= 4 is 0 Å². The highest BCUT2D eigenvalue weighted by atomic mass is 15.2. The van der Waals surface area contributed by atoms with Crippen LogP contribution in [-0.4, -0.2) is 17.5 Å². The molecular weight excluding hydrogens is 232 g/mol. The van der Waals surface area contributed by atoms with Gasteiger partial charge in [-0.3, -0.25) is 4.90 Å². The van der Waals surface area contributed by atoms with E-state index in [1.165, 1.54) is 43.2 Å². The molecule has 0 bridgehead atoms. The Bertz CT molecular complexity index is 423. The Morgan fingerprint density at radius 3 is 2.47 bits per heavy atom. The molecule has 0 saturated heterocycles. The zero-order valence-electron chi connectivity index (χ0n) is 12.0. The van der Waals surface area contributed by atoms with Gasteiger partial charge in [0.1, 0.15) is 0 Å². The monoisotopic (exact) mass is 258 g/mol. The molecule has 2 unspecified atom stereocenters. The van der Waals surface area contributed by atoms with Crippen molar-refractivity contribution in [3.8, 4) is 0 Å². The van der Waals surface area contributed by atoms with Crippen molar-refractivity contribution in [2.24, 2.45) is 5.73 Å². The summed E-state index contributed by atoms with van der Waals surface area (Å²) in [5.41, 5.74) is 9.20. The number of nitrogens with two attached hydrogens (primary N) is 1. The molecule has 0 aromatic heterocycles. The molecule has 1 saturated carbocycles. The van der Waals surface area contributed by atoms with Crippen molar-refractivity contribution in [1.82, 2.24) is 4.90 Å². The Balaban J connectivity index is 1.84. The Morgan fingerprint density at radius 2 is 1.79 bits per heavy atom. The van der Waals surface area contributed by atoms with Crippen LogP contribution in [0, 0.1) is 0 Å². The van der Waals surface area contributed by atoms with Gasteiger partial charge in [0.25, 0.3) is 0 Å². The summed E-state index contributed by atoms with van der Waals surface area (Å²) in [6, 6.07) is 10.4. The molecular formula is C17H26N2. The van der Waals surface area contributed by atoms with Gasteiger partial charge in [-0.15, -0.1) is 0 Å². The van der Waals surface area contributed by atoms with E-state index in [4.69, 9.17) is 5.73 Å². The van der Waals surface area contributed by atoms with Crippen molar-refractivity contribution in [3.63, 3.8) is 0 Å². The Hall–Kier alpha value is -0.860. The lowest BCUT2D eigenvalue weighted by Gasteiger charge is -2.38. The first kappa shape index (κ1) is 13.1. The van der Waals surface area contributed by atoms with Gasteiger partial charge in [-0.2, -0.15) is 0 Å². The van der Waals surface area contributed by atoms with Crippen LogP contribution in [0.15, 0.2) is 24.3 Å². The summed E-state index contributed by atoms with van der Waals surface area (Å²) in [6.45, 7) is 3.46. The minimum atomic E-state index is 0.235. The van der Waals surface area contributed by atoms with Gasteiger partial charge in [-0.1, -0.05) is 50.5 Å². The average molecular weight is 258 g/mol. The normalized spacial score (nSPS) is 27.7. The second-order valence-electron chi connectivity index (χ2n) is 6.11. The second-order valence-corrected chi connectivity index (χ2v) is 6.11. The highest BCUT2D eigenvalue weighted by molar-refractivity contribution is 5.37. The summed E-state index contributed by atoms with van der Waals surface area (Å²) >= 11 is 0. The van der Waals surface area contributed by atoms with Crippen LogP contribution >= 0.6 is 0 Å². The molecule has 1 aromatic carbocycles. The lowest BCUT2D eigenvalue weighted by Crippen LogP contribution is -2.39. The predicted octanol–water partition coefficient (Wildman–Crippen LogP) is 3.79. The molecule has 19 heavy (non-hydrogen) atoms. The highest BCUT2D eigenvalue weighted by Gasteiger charge is 2.35. The lowest BCUT2D eigenvalue weighted by atomic mass is 9.92. The fourth-order valence-electron chi connectivity index (χ4n) is 4.11. The number of benzene rings is 1. The summed E-state index contributed by atoms with van der Waals surface area (Å²) in [7, 11) is 0. The first-order valence-corrected chi connectivity index (χ1v) is 7.91. The number of hydrogen-bond acceptors (Lipinski definition) is 2. The van der Waals surface area contributed by atoms with Crippen molar-refractivity contribution < 1.29 is 0 Å². The lowest BCUT2D eigenvalue weighted by molar-refractivity contribution is 0.107. The fourth-order valence-corrected chi connectivity index (χ4v) is 4.11. The molecule has 2 aliphatic carbocycles. The zero-order valence-corrected chi connectivity index (χ0v) is 12.0. The smallest absolute Gasteiger partial charge is 0.0372 e. The molecule has 0 radical (unpaired) electrons. The molecule has 2 N–H and O–H groups in total. The summed E-state index contributed by atoms with van der Waals surface area (Å²) in [4.78, 5) is 2.73. The van der Waals surface area contributed by atoms with Gasteiger partial charge in [0.15, 0.2) is 0 Å². The Kier molecular flexibility index (Phi) is 3.90. The molecule has 0 spiro atoms. The van der Waals surface area contributed by atoms with E-state index in [9.17, 15) is 0 Å². The van der Waals surface area contributed by atoms with Crippen LogP contribution < -0.4 is 5.73 Å². The Labute approximate surface area is 117 Å². The zero-order chi connectivity index (χ0) is 13.2. The third-order valence-electron chi connectivity index (χ3n) is 5.04. The van der Waals surface area contributed by atoms with Crippen molar-refractivity contribution in [3.05, 3.63) is 35.4 Å². The second kappa shape index (κ2) is 5.64. The van der Waals surface area contributed by atoms with Gasteiger partial charge < -0.3 is 5.73 Å². The van der Waals surface area contributed by atoms with Crippen LogP contribution in [0.25, 0.3) is 0 Å². The van der Waals surface area contributed by atoms with E-state index in [1.807, 2.05) is 0 Å². The predicted molar refractivity (Wildman–Crippen MR) is 80.0 cm³/mol. The van der Waals surface area contributed by atoms with E-state index in [0.29, 0.717) is 6.04 Å². The highest BCUT2D eigenvalue weighted by Crippen LogP contribution is 2.43. The average Bonchev–Trinajstić information content (AvgIpc) is 2.79. The van der Waals surface area contributed by atoms with Gasteiger partial charge in [0, 0.05) is 18.1 Å². The molecule has 0 amide bonds. The minimum absolute atomic E-state index is 0.235. The van der Waals surface area contributed by atoms with E-state index in [-0.39, 0.29) is 6.04 Å². The van der Waals surface area contributed by atoms with Crippen LogP contribution in [0.3, 0.4) is 0 Å². The third kappa shape index (κ3) is 2.44.